The van der Waals surface area contributed by atoms with Crippen LogP contribution in [0.1, 0.15) is 41.4 Å². The van der Waals surface area contributed by atoms with Gasteiger partial charge in [0.15, 0.2) is 0 Å². The van der Waals surface area contributed by atoms with E-state index in [4.69, 9.17) is 0 Å². The third kappa shape index (κ3) is 3.27. The largest absolute Gasteiger partial charge is 0.380 e. The molecule has 0 saturated carbocycles. The van der Waals surface area contributed by atoms with Gasteiger partial charge in [-0.25, -0.2) is 0 Å². The van der Waals surface area contributed by atoms with E-state index >= 15 is 0 Å². The molecule has 3 aromatic rings. The van der Waals surface area contributed by atoms with Crippen LogP contribution in [0.5, 0.6) is 0 Å². The van der Waals surface area contributed by atoms with E-state index in [0.717, 1.165) is 49.7 Å². The lowest BCUT2D eigenvalue weighted by atomic mass is 10.1. The molecule has 0 aromatic carbocycles. The van der Waals surface area contributed by atoms with Crippen LogP contribution in [0.3, 0.4) is 0 Å². The van der Waals surface area contributed by atoms with Crippen LogP contribution in [0.4, 0.5) is 0 Å². The monoisotopic (exact) mass is 352 g/mol. The molecular weight excluding hydrogens is 328 g/mol. The van der Waals surface area contributed by atoms with Gasteiger partial charge in [0.05, 0.1) is 29.3 Å². The van der Waals surface area contributed by atoms with Gasteiger partial charge < -0.3 is 5.11 Å². The molecule has 26 heavy (non-hydrogen) atoms. The van der Waals surface area contributed by atoms with E-state index in [1.165, 1.54) is 5.56 Å². The van der Waals surface area contributed by atoms with Crippen molar-refractivity contribution in [3.8, 4) is 0 Å². The second-order valence-electron chi connectivity index (χ2n) is 6.79. The van der Waals surface area contributed by atoms with E-state index in [9.17, 15) is 5.11 Å². The quantitative estimate of drug-likeness (QED) is 0.756. The normalized spacial score (nSPS) is 15.8. The second kappa shape index (κ2) is 7.01. The Hall–Kier alpha value is -2.51. The van der Waals surface area contributed by atoms with Crippen molar-refractivity contribution in [3.05, 3.63) is 65.0 Å². The molecule has 3 aromatic heterocycles. The zero-order valence-electron chi connectivity index (χ0n) is 15.2. The van der Waals surface area contributed by atoms with Gasteiger partial charge in [-0.3, -0.25) is 19.2 Å². The Kier molecular flexibility index (Phi) is 4.57. The fourth-order valence-electron chi connectivity index (χ4n) is 3.40. The minimum absolute atomic E-state index is 0.677. The highest BCUT2D eigenvalue weighted by Gasteiger charge is 2.23. The maximum absolute atomic E-state index is 10.6. The average Bonchev–Trinajstić information content (AvgIpc) is 3.27. The standard InChI is InChI=1S/C19H24N6O/c1-3-14-4-5-15(20-11-14)12-24-8-9-25-16(13-24)10-17(22-25)19(26)18-6-7-21-23(18)2/h4-7,10-11,19,26H,3,8-9,12-13H2,1-2H3. The van der Waals surface area contributed by atoms with Gasteiger partial charge in [0, 0.05) is 39.1 Å². The summed E-state index contributed by atoms with van der Waals surface area (Å²) in [5.41, 5.74) is 4.90. The van der Waals surface area contributed by atoms with Crippen molar-refractivity contribution in [1.29, 1.82) is 0 Å². The van der Waals surface area contributed by atoms with Crippen LogP contribution < -0.4 is 0 Å². The van der Waals surface area contributed by atoms with E-state index in [1.54, 1.807) is 10.9 Å². The van der Waals surface area contributed by atoms with E-state index in [-0.39, 0.29) is 0 Å². The predicted molar refractivity (Wildman–Crippen MR) is 97.2 cm³/mol. The van der Waals surface area contributed by atoms with Crippen LogP contribution in [0.15, 0.2) is 36.7 Å². The molecule has 1 atom stereocenters. The molecule has 0 fully saturated rings. The van der Waals surface area contributed by atoms with Gasteiger partial charge >= 0.3 is 0 Å². The molecule has 7 nitrogen and oxygen atoms in total. The van der Waals surface area contributed by atoms with Crippen LogP contribution in [-0.2, 0) is 33.1 Å². The van der Waals surface area contributed by atoms with Crippen LogP contribution in [0, 0.1) is 0 Å². The molecule has 7 heteroatoms. The van der Waals surface area contributed by atoms with Crippen LogP contribution >= 0.6 is 0 Å². The lowest BCUT2D eigenvalue weighted by molar-refractivity contribution is 0.195. The lowest BCUT2D eigenvalue weighted by Gasteiger charge is -2.27. The molecule has 1 unspecified atom stereocenters. The highest BCUT2D eigenvalue weighted by molar-refractivity contribution is 5.22. The van der Waals surface area contributed by atoms with Gasteiger partial charge in [-0.05, 0) is 30.2 Å². The Morgan fingerprint density at radius 3 is 2.81 bits per heavy atom. The van der Waals surface area contributed by atoms with Crippen molar-refractivity contribution in [3.63, 3.8) is 0 Å². The number of hydrogen-bond donors (Lipinski definition) is 1. The predicted octanol–water partition coefficient (Wildman–Crippen LogP) is 1.67. The molecule has 0 aliphatic carbocycles. The SMILES string of the molecule is CCc1ccc(CN2CCn3nc(C(O)c4ccnn4C)cc3C2)nc1. The van der Waals surface area contributed by atoms with Gasteiger partial charge in [-0.2, -0.15) is 10.2 Å². The van der Waals surface area contributed by atoms with Gasteiger partial charge in [0.1, 0.15) is 6.10 Å². The third-order valence-electron chi connectivity index (χ3n) is 4.99. The first-order chi connectivity index (χ1) is 12.6. The Morgan fingerprint density at radius 1 is 1.23 bits per heavy atom. The molecule has 0 bridgehead atoms. The Labute approximate surface area is 152 Å². The van der Waals surface area contributed by atoms with Crippen LogP contribution in [0.2, 0.25) is 0 Å². The first-order valence-electron chi connectivity index (χ1n) is 9.02. The first-order valence-corrected chi connectivity index (χ1v) is 9.02. The molecule has 4 rings (SSSR count). The zero-order chi connectivity index (χ0) is 18.1. The fourth-order valence-corrected chi connectivity index (χ4v) is 3.40. The van der Waals surface area contributed by atoms with Crippen molar-refractivity contribution < 1.29 is 5.11 Å². The molecule has 4 heterocycles. The van der Waals surface area contributed by atoms with Crippen LogP contribution in [-0.4, -0.2) is 41.1 Å². The molecule has 0 spiro atoms. The molecule has 1 aliphatic heterocycles. The number of aliphatic hydroxyl groups is 1. The maximum atomic E-state index is 10.6. The van der Waals surface area contributed by atoms with Gasteiger partial charge in [0.2, 0.25) is 0 Å². The zero-order valence-corrected chi connectivity index (χ0v) is 15.2. The van der Waals surface area contributed by atoms with Gasteiger partial charge in [0.25, 0.3) is 0 Å². The minimum atomic E-state index is -0.752. The average molecular weight is 352 g/mol. The van der Waals surface area contributed by atoms with E-state index in [2.05, 4.69) is 39.1 Å². The Bertz CT molecular complexity index is 882. The van der Waals surface area contributed by atoms with Crippen molar-refractivity contribution in [1.82, 2.24) is 29.4 Å². The minimum Gasteiger partial charge on any atom is -0.380 e. The number of aryl methyl sites for hydroxylation is 2. The molecule has 136 valence electrons. The molecule has 0 amide bonds. The highest BCUT2D eigenvalue weighted by Crippen LogP contribution is 2.23. The molecule has 1 aliphatic rings. The molecule has 1 N–H and O–H groups in total. The number of aliphatic hydroxyl groups excluding tert-OH is 1. The van der Waals surface area contributed by atoms with Gasteiger partial charge in [-0.1, -0.05) is 13.0 Å². The maximum Gasteiger partial charge on any atom is 0.139 e. The molecular formula is C19H24N6O. The summed E-state index contributed by atoms with van der Waals surface area (Å²) in [4.78, 5) is 6.93. The summed E-state index contributed by atoms with van der Waals surface area (Å²) < 4.78 is 3.68. The lowest BCUT2D eigenvalue weighted by Crippen LogP contribution is -2.33. The summed E-state index contributed by atoms with van der Waals surface area (Å²) in [5, 5.41) is 19.3. The summed E-state index contributed by atoms with van der Waals surface area (Å²) in [7, 11) is 1.83. The van der Waals surface area contributed by atoms with Crippen LogP contribution in [0.25, 0.3) is 0 Å². The number of aromatic nitrogens is 5. The second-order valence-corrected chi connectivity index (χ2v) is 6.79. The molecule has 0 saturated heterocycles. The summed E-state index contributed by atoms with van der Waals surface area (Å²) >= 11 is 0. The van der Waals surface area contributed by atoms with Crippen molar-refractivity contribution in [2.75, 3.05) is 6.54 Å². The summed E-state index contributed by atoms with van der Waals surface area (Å²) in [6, 6.07) is 8.08. The number of rotatable bonds is 5. The Balaban J connectivity index is 1.47. The van der Waals surface area contributed by atoms with E-state index in [1.807, 2.05) is 30.1 Å². The van der Waals surface area contributed by atoms with Crippen molar-refractivity contribution in [2.24, 2.45) is 7.05 Å². The summed E-state index contributed by atoms with van der Waals surface area (Å²) in [6.07, 6.45) is 3.91. The Morgan fingerprint density at radius 2 is 2.12 bits per heavy atom. The first kappa shape index (κ1) is 16.9. The number of nitrogens with zero attached hydrogens (tertiary/aromatic N) is 6. The van der Waals surface area contributed by atoms with E-state index < -0.39 is 6.10 Å². The number of fused-ring (bicyclic) bond motifs is 1. The molecule has 0 radical (unpaired) electrons. The fraction of sp³-hybridized carbons (Fsp3) is 0.421. The highest BCUT2D eigenvalue weighted by atomic mass is 16.3. The topological polar surface area (TPSA) is 72.0 Å². The third-order valence-corrected chi connectivity index (χ3v) is 4.99. The van der Waals surface area contributed by atoms with Crippen molar-refractivity contribution >= 4 is 0 Å². The summed E-state index contributed by atoms with van der Waals surface area (Å²) in [5.74, 6) is 0. The smallest absolute Gasteiger partial charge is 0.139 e. The summed E-state index contributed by atoms with van der Waals surface area (Å²) in [6.45, 7) is 5.52. The number of hydrogen-bond acceptors (Lipinski definition) is 5. The number of pyridine rings is 1. The van der Waals surface area contributed by atoms with E-state index in [0.29, 0.717) is 5.69 Å². The van der Waals surface area contributed by atoms with Crippen molar-refractivity contribution in [2.45, 2.75) is 39.1 Å². The van der Waals surface area contributed by atoms with Gasteiger partial charge in [-0.15, -0.1) is 0 Å².